The number of nitrogens with zero attached hydrogens (tertiary/aromatic N) is 2. The molecule has 24 heavy (non-hydrogen) atoms. The van der Waals surface area contributed by atoms with Crippen molar-refractivity contribution in [2.45, 2.75) is 18.2 Å². The molecule has 4 rings (SSSR count). The highest BCUT2D eigenvalue weighted by molar-refractivity contribution is 7.84. The van der Waals surface area contributed by atoms with Gasteiger partial charge in [0.25, 0.3) is 0 Å². The minimum absolute atomic E-state index is 0.280. The number of rotatable bonds is 3. The van der Waals surface area contributed by atoms with E-state index in [2.05, 4.69) is 21.4 Å². The summed E-state index contributed by atoms with van der Waals surface area (Å²) in [5.74, 6) is 1.31. The van der Waals surface area contributed by atoms with Gasteiger partial charge in [0.05, 0.1) is 11.4 Å². The van der Waals surface area contributed by atoms with Gasteiger partial charge >= 0.3 is 0 Å². The van der Waals surface area contributed by atoms with Crippen LogP contribution in [0, 0.1) is 12.8 Å². The number of aromatic nitrogens is 1. The van der Waals surface area contributed by atoms with E-state index >= 15 is 0 Å². The third-order valence-corrected chi connectivity index (χ3v) is 5.44. The maximum absolute atomic E-state index is 11.9. The van der Waals surface area contributed by atoms with Crippen molar-refractivity contribution in [3.05, 3.63) is 59.4 Å². The molecule has 1 aromatic carbocycles. The summed E-state index contributed by atoms with van der Waals surface area (Å²) < 4.78 is 11.9. The van der Waals surface area contributed by atoms with E-state index in [1.807, 2.05) is 43.3 Å². The summed E-state index contributed by atoms with van der Waals surface area (Å²) in [6, 6.07) is 14.1. The number of hydrogen-bond acceptors (Lipinski definition) is 4. The Hall–Kier alpha value is -2.27. The molecule has 3 heterocycles. The van der Waals surface area contributed by atoms with Crippen LogP contribution >= 0.6 is 0 Å². The minimum atomic E-state index is -0.994. The third kappa shape index (κ3) is 2.59. The van der Waals surface area contributed by atoms with Gasteiger partial charge < -0.3 is 5.32 Å². The smallest absolute Gasteiger partial charge is 0.108 e. The molecule has 4 nitrogen and oxygen atoms in total. The Morgan fingerprint density at radius 1 is 1.21 bits per heavy atom. The fourth-order valence-corrected chi connectivity index (χ4v) is 3.97. The van der Waals surface area contributed by atoms with Crippen molar-refractivity contribution in [1.82, 2.24) is 10.3 Å². The summed E-state index contributed by atoms with van der Waals surface area (Å²) in [5, 5.41) is 3.48. The van der Waals surface area contributed by atoms with E-state index in [-0.39, 0.29) is 5.92 Å². The van der Waals surface area contributed by atoms with Crippen LogP contribution in [0.2, 0.25) is 0 Å². The van der Waals surface area contributed by atoms with Crippen LogP contribution in [0.15, 0.2) is 52.4 Å². The second-order valence-electron chi connectivity index (χ2n) is 6.17. The average molecular weight is 337 g/mol. The van der Waals surface area contributed by atoms with Gasteiger partial charge in [-0.25, -0.2) is 0 Å². The van der Waals surface area contributed by atoms with Crippen molar-refractivity contribution < 1.29 is 4.21 Å². The lowest BCUT2D eigenvalue weighted by Crippen LogP contribution is -2.18. The van der Waals surface area contributed by atoms with Gasteiger partial charge in [-0.15, -0.1) is 0 Å². The highest BCUT2D eigenvalue weighted by atomic mass is 32.2. The fraction of sp³-hybridized carbons (Fsp3) is 0.263. The van der Waals surface area contributed by atoms with Gasteiger partial charge in [-0.3, -0.25) is 14.2 Å². The normalized spacial score (nSPS) is 20.6. The molecule has 2 unspecified atom stereocenters. The SMILES string of the molecule is Cc1cccc(C2=C(c3cccc(S(C)=O)c3)C3CCN=C3N2)n1. The van der Waals surface area contributed by atoms with Gasteiger partial charge in [-0.1, -0.05) is 18.2 Å². The summed E-state index contributed by atoms with van der Waals surface area (Å²) >= 11 is 0. The number of aliphatic imine (C=N–C) groups is 1. The van der Waals surface area contributed by atoms with Crippen molar-refractivity contribution in [2.24, 2.45) is 10.9 Å². The predicted octanol–water partition coefficient (Wildman–Crippen LogP) is 3.02. The Morgan fingerprint density at radius 3 is 2.83 bits per heavy atom. The average Bonchev–Trinajstić information content (AvgIpc) is 3.15. The first-order valence-electron chi connectivity index (χ1n) is 8.07. The van der Waals surface area contributed by atoms with E-state index in [0.29, 0.717) is 0 Å². The van der Waals surface area contributed by atoms with E-state index in [0.717, 1.165) is 46.3 Å². The van der Waals surface area contributed by atoms with E-state index in [4.69, 9.17) is 0 Å². The largest absolute Gasteiger partial charge is 0.342 e. The van der Waals surface area contributed by atoms with Crippen molar-refractivity contribution >= 4 is 27.9 Å². The van der Waals surface area contributed by atoms with Gasteiger partial charge in [-0.2, -0.15) is 0 Å². The van der Waals surface area contributed by atoms with E-state index in [1.165, 1.54) is 5.57 Å². The first-order chi connectivity index (χ1) is 11.6. The zero-order valence-electron chi connectivity index (χ0n) is 13.7. The molecular weight excluding hydrogens is 318 g/mol. The topological polar surface area (TPSA) is 54.4 Å². The van der Waals surface area contributed by atoms with Crippen LogP contribution in [0.4, 0.5) is 0 Å². The zero-order chi connectivity index (χ0) is 16.7. The van der Waals surface area contributed by atoms with Crippen molar-refractivity contribution in [1.29, 1.82) is 0 Å². The van der Waals surface area contributed by atoms with Crippen LogP contribution in [0.1, 0.15) is 23.4 Å². The Labute approximate surface area is 144 Å². The molecule has 0 aliphatic carbocycles. The van der Waals surface area contributed by atoms with Crippen LogP contribution in [0.3, 0.4) is 0 Å². The molecule has 1 aromatic heterocycles. The van der Waals surface area contributed by atoms with Gasteiger partial charge in [-0.05, 0) is 48.7 Å². The van der Waals surface area contributed by atoms with E-state index in [1.54, 1.807) is 6.26 Å². The minimum Gasteiger partial charge on any atom is -0.342 e. The zero-order valence-corrected chi connectivity index (χ0v) is 14.6. The fourth-order valence-electron chi connectivity index (χ4n) is 3.41. The molecule has 0 amide bonds. The summed E-state index contributed by atoms with van der Waals surface area (Å²) in [6.45, 7) is 2.85. The lowest BCUT2D eigenvalue weighted by molar-refractivity contribution is 0.687. The molecule has 5 heteroatoms. The molecule has 122 valence electrons. The first kappa shape index (κ1) is 15.3. The van der Waals surface area contributed by atoms with Crippen LogP contribution in [0.25, 0.3) is 11.3 Å². The molecule has 0 radical (unpaired) electrons. The molecule has 0 saturated carbocycles. The summed E-state index contributed by atoms with van der Waals surface area (Å²) in [5.41, 5.74) is 5.28. The van der Waals surface area contributed by atoms with Crippen molar-refractivity contribution in [2.75, 3.05) is 12.8 Å². The first-order valence-corrected chi connectivity index (χ1v) is 9.63. The molecular formula is C19H19N3OS. The molecule has 0 saturated heterocycles. The number of fused-ring (bicyclic) bond motifs is 1. The second-order valence-corrected chi connectivity index (χ2v) is 7.55. The monoisotopic (exact) mass is 337 g/mol. The number of nitrogens with one attached hydrogen (secondary N) is 1. The number of pyridine rings is 1. The predicted molar refractivity (Wildman–Crippen MR) is 98.1 cm³/mol. The Bertz CT molecular complexity index is 901. The van der Waals surface area contributed by atoms with E-state index < -0.39 is 10.8 Å². The summed E-state index contributed by atoms with van der Waals surface area (Å²) in [4.78, 5) is 10.1. The highest BCUT2D eigenvalue weighted by Gasteiger charge is 2.35. The van der Waals surface area contributed by atoms with E-state index in [9.17, 15) is 4.21 Å². The lowest BCUT2D eigenvalue weighted by Gasteiger charge is -2.12. The third-order valence-electron chi connectivity index (χ3n) is 4.52. The highest BCUT2D eigenvalue weighted by Crippen LogP contribution is 2.40. The Kier molecular flexibility index (Phi) is 3.81. The summed E-state index contributed by atoms with van der Waals surface area (Å²) in [6.07, 6.45) is 2.72. The molecule has 2 aliphatic rings. The quantitative estimate of drug-likeness (QED) is 0.937. The summed E-state index contributed by atoms with van der Waals surface area (Å²) in [7, 11) is -0.994. The van der Waals surface area contributed by atoms with Gasteiger partial charge in [0.2, 0.25) is 0 Å². The van der Waals surface area contributed by atoms with Gasteiger partial charge in [0.1, 0.15) is 5.84 Å². The molecule has 2 aliphatic heterocycles. The van der Waals surface area contributed by atoms with Gasteiger partial charge in [0, 0.05) is 40.1 Å². The molecule has 2 atom stereocenters. The van der Waals surface area contributed by atoms with Crippen LogP contribution in [-0.2, 0) is 10.8 Å². The van der Waals surface area contributed by atoms with Crippen molar-refractivity contribution in [3.63, 3.8) is 0 Å². The standard InChI is InChI=1S/C19H19N3OS/c1-12-5-3-8-16(21-12)18-17(15-9-10-20-19(15)22-18)13-6-4-7-14(11-13)24(2)23/h3-8,11,15H,9-10H2,1-2H3,(H,20,22). The number of benzene rings is 1. The maximum atomic E-state index is 11.9. The van der Waals surface area contributed by atoms with Crippen LogP contribution < -0.4 is 5.32 Å². The van der Waals surface area contributed by atoms with Crippen LogP contribution in [0.5, 0.6) is 0 Å². The number of amidine groups is 1. The molecule has 2 aromatic rings. The lowest BCUT2D eigenvalue weighted by atomic mass is 9.91. The number of aryl methyl sites for hydroxylation is 1. The maximum Gasteiger partial charge on any atom is 0.108 e. The molecule has 1 N–H and O–H groups in total. The van der Waals surface area contributed by atoms with Gasteiger partial charge in [0.15, 0.2) is 0 Å². The second kappa shape index (κ2) is 5.98. The van der Waals surface area contributed by atoms with Crippen LogP contribution in [-0.4, -0.2) is 27.8 Å². The number of hydrogen-bond donors (Lipinski definition) is 1. The molecule has 0 spiro atoms. The Morgan fingerprint density at radius 2 is 2.04 bits per heavy atom. The Balaban J connectivity index is 1.89. The molecule has 0 fully saturated rings. The van der Waals surface area contributed by atoms with Crippen molar-refractivity contribution in [3.8, 4) is 0 Å². The molecule has 0 bridgehead atoms.